The molecule has 1 heterocycles. The molecule has 0 bridgehead atoms. The lowest BCUT2D eigenvalue weighted by molar-refractivity contribution is -0.137. The van der Waals surface area contributed by atoms with Crippen LogP contribution in [0.3, 0.4) is 0 Å². The monoisotopic (exact) mass is 595 g/mol. The number of aromatic amines is 1. The summed E-state index contributed by atoms with van der Waals surface area (Å²) >= 11 is 12.8. The first kappa shape index (κ1) is 27.9. The third-order valence-electron chi connectivity index (χ3n) is 6.07. The Balaban J connectivity index is 1.39. The van der Waals surface area contributed by atoms with Crippen molar-refractivity contribution in [2.24, 2.45) is 5.10 Å². The van der Waals surface area contributed by atoms with Crippen LogP contribution in [0.15, 0.2) is 96.1 Å². The van der Waals surface area contributed by atoms with Gasteiger partial charge in [0.05, 0.1) is 27.9 Å². The van der Waals surface area contributed by atoms with Crippen molar-refractivity contribution >= 4 is 52.2 Å². The fraction of sp³-hybridized carbons (Fsp3) is 0.0333. The molecule has 0 saturated heterocycles. The lowest BCUT2D eigenvalue weighted by atomic mass is 10.0. The first-order valence-corrected chi connectivity index (χ1v) is 12.8. The van der Waals surface area contributed by atoms with Crippen LogP contribution >= 0.6 is 23.2 Å². The summed E-state index contributed by atoms with van der Waals surface area (Å²) in [5, 5.41) is 5.54. The van der Waals surface area contributed by atoms with Gasteiger partial charge in [-0.3, -0.25) is 4.79 Å². The number of amides is 1. The van der Waals surface area contributed by atoms with E-state index in [1.165, 1.54) is 18.3 Å². The lowest BCUT2D eigenvalue weighted by Crippen LogP contribution is -2.19. The molecule has 0 atom stereocenters. The zero-order chi connectivity index (χ0) is 29.1. The van der Waals surface area contributed by atoms with E-state index in [9.17, 15) is 22.8 Å². The number of nitrogens with zero attached hydrogens (tertiary/aromatic N) is 1. The number of nitrogens with one attached hydrogen (secondary N) is 2. The maximum atomic E-state index is 13.3. The Morgan fingerprint density at radius 3 is 2.37 bits per heavy atom. The molecular formula is C30H18Cl2F3N3O3. The molecule has 1 amide bonds. The van der Waals surface area contributed by atoms with E-state index in [2.05, 4.69) is 15.5 Å². The van der Waals surface area contributed by atoms with Gasteiger partial charge in [0.15, 0.2) is 0 Å². The molecule has 0 spiro atoms. The first-order valence-electron chi connectivity index (χ1n) is 12.0. The number of carbonyl (C=O) groups excluding carboxylic acids is 2. The second-order valence-corrected chi connectivity index (χ2v) is 9.54. The number of aromatic nitrogens is 1. The number of alkyl halides is 3. The number of para-hydroxylation sites is 2. The summed E-state index contributed by atoms with van der Waals surface area (Å²) in [6.45, 7) is 0. The molecule has 0 radical (unpaired) electrons. The highest BCUT2D eigenvalue weighted by Gasteiger charge is 2.31. The van der Waals surface area contributed by atoms with E-state index in [-0.39, 0.29) is 17.0 Å². The third kappa shape index (κ3) is 5.96. The Morgan fingerprint density at radius 2 is 1.59 bits per heavy atom. The molecule has 1 aromatic heterocycles. The van der Waals surface area contributed by atoms with E-state index >= 15 is 0 Å². The van der Waals surface area contributed by atoms with Gasteiger partial charge in [0.1, 0.15) is 11.4 Å². The largest absolute Gasteiger partial charge is 0.422 e. The Hall–Kier alpha value is -4.60. The molecule has 11 heteroatoms. The molecule has 0 fully saturated rings. The van der Waals surface area contributed by atoms with Crippen LogP contribution in [-0.2, 0) is 6.18 Å². The standard InChI is InChI=1S/C30H18Cl2F3N3O3/c31-22-12-3-2-10-20(22)25-21-11-6-13-23(32)26(21)37-27(25)28(39)38-36-16-18-7-1-4-14-24(18)41-29(40)17-8-5-9-19(15-17)30(33,34)35/h1-16,37H,(H,38,39). The number of esters is 1. The number of benzene rings is 4. The van der Waals surface area contributed by atoms with Gasteiger partial charge < -0.3 is 9.72 Å². The molecule has 0 unspecified atom stereocenters. The molecule has 0 aliphatic carbocycles. The van der Waals surface area contributed by atoms with Gasteiger partial charge in [-0.25, -0.2) is 10.2 Å². The molecule has 41 heavy (non-hydrogen) atoms. The Bertz CT molecular complexity index is 1820. The van der Waals surface area contributed by atoms with Crippen molar-refractivity contribution in [2.45, 2.75) is 6.18 Å². The van der Waals surface area contributed by atoms with Gasteiger partial charge in [-0.15, -0.1) is 0 Å². The SMILES string of the molecule is O=C(Oc1ccccc1C=NNC(=O)c1[nH]c2c(Cl)cccc2c1-c1ccccc1Cl)c1cccc(C(F)(F)F)c1. The lowest BCUT2D eigenvalue weighted by Gasteiger charge is -2.10. The number of hydrazone groups is 1. The van der Waals surface area contributed by atoms with Crippen molar-refractivity contribution in [3.8, 4) is 16.9 Å². The minimum atomic E-state index is -4.61. The summed E-state index contributed by atoms with van der Waals surface area (Å²) in [5.41, 5.74) is 3.35. The van der Waals surface area contributed by atoms with Crippen molar-refractivity contribution in [3.63, 3.8) is 0 Å². The number of fused-ring (bicyclic) bond motifs is 1. The number of halogens is 5. The summed E-state index contributed by atoms with van der Waals surface area (Å²) in [6.07, 6.45) is -3.36. The van der Waals surface area contributed by atoms with E-state index in [4.69, 9.17) is 27.9 Å². The fourth-order valence-corrected chi connectivity index (χ4v) is 4.63. The summed E-state index contributed by atoms with van der Waals surface area (Å²) < 4.78 is 44.5. The number of hydrogen-bond donors (Lipinski definition) is 2. The fourth-order valence-electron chi connectivity index (χ4n) is 4.17. The van der Waals surface area contributed by atoms with Crippen LogP contribution in [0.25, 0.3) is 22.0 Å². The summed E-state index contributed by atoms with van der Waals surface area (Å²) in [7, 11) is 0. The van der Waals surface area contributed by atoms with E-state index in [1.54, 1.807) is 54.6 Å². The van der Waals surface area contributed by atoms with Crippen LogP contribution in [0.2, 0.25) is 10.0 Å². The highest BCUT2D eigenvalue weighted by atomic mass is 35.5. The average molecular weight is 596 g/mol. The van der Waals surface area contributed by atoms with E-state index in [1.807, 2.05) is 6.07 Å². The third-order valence-corrected chi connectivity index (χ3v) is 6.71. The molecule has 6 nitrogen and oxygen atoms in total. The van der Waals surface area contributed by atoms with Crippen molar-refractivity contribution in [1.29, 1.82) is 0 Å². The van der Waals surface area contributed by atoms with Crippen LogP contribution in [0, 0.1) is 0 Å². The van der Waals surface area contributed by atoms with E-state index < -0.39 is 23.6 Å². The molecule has 4 aromatic carbocycles. The first-order chi connectivity index (χ1) is 19.6. The molecule has 2 N–H and O–H groups in total. The van der Waals surface area contributed by atoms with Crippen LogP contribution < -0.4 is 10.2 Å². The Morgan fingerprint density at radius 1 is 0.878 bits per heavy atom. The van der Waals surface area contributed by atoms with Gasteiger partial charge in [-0.2, -0.15) is 18.3 Å². The van der Waals surface area contributed by atoms with Crippen LogP contribution in [0.5, 0.6) is 5.75 Å². The predicted octanol–water partition coefficient (Wildman–Crippen LogP) is 8.14. The van der Waals surface area contributed by atoms with Crippen molar-refractivity contribution < 1.29 is 27.5 Å². The summed E-state index contributed by atoms with van der Waals surface area (Å²) in [5.74, 6) is -1.55. The molecule has 0 aliphatic rings. The predicted molar refractivity (Wildman–Crippen MR) is 152 cm³/mol. The minimum Gasteiger partial charge on any atom is -0.422 e. The molecule has 206 valence electrons. The topological polar surface area (TPSA) is 83.5 Å². The molecule has 0 aliphatic heterocycles. The second kappa shape index (κ2) is 11.5. The van der Waals surface area contributed by atoms with Crippen LogP contribution in [0.4, 0.5) is 13.2 Å². The normalized spacial score (nSPS) is 11.6. The maximum Gasteiger partial charge on any atom is 0.416 e. The van der Waals surface area contributed by atoms with E-state index in [0.717, 1.165) is 12.1 Å². The Labute approximate surface area is 241 Å². The zero-order valence-electron chi connectivity index (χ0n) is 20.8. The number of H-pyrrole nitrogens is 1. The van der Waals surface area contributed by atoms with Crippen molar-refractivity contribution in [3.05, 3.63) is 123 Å². The van der Waals surface area contributed by atoms with Gasteiger partial charge in [-0.05, 0) is 42.5 Å². The van der Waals surface area contributed by atoms with Gasteiger partial charge in [0.25, 0.3) is 5.91 Å². The highest BCUT2D eigenvalue weighted by Crippen LogP contribution is 2.38. The molecular weight excluding hydrogens is 578 g/mol. The molecule has 5 aromatic rings. The Kier molecular flexibility index (Phi) is 7.83. The van der Waals surface area contributed by atoms with Crippen LogP contribution in [0.1, 0.15) is 32.0 Å². The van der Waals surface area contributed by atoms with Crippen LogP contribution in [-0.4, -0.2) is 23.1 Å². The quantitative estimate of drug-likeness (QED) is 0.0899. The summed E-state index contributed by atoms with van der Waals surface area (Å²) in [6, 6.07) is 22.4. The van der Waals surface area contributed by atoms with Crippen molar-refractivity contribution in [2.75, 3.05) is 0 Å². The number of hydrogen-bond acceptors (Lipinski definition) is 4. The highest BCUT2D eigenvalue weighted by molar-refractivity contribution is 6.37. The maximum absolute atomic E-state index is 13.3. The number of rotatable bonds is 6. The minimum absolute atomic E-state index is 0.0297. The average Bonchev–Trinajstić information content (AvgIpc) is 3.35. The van der Waals surface area contributed by atoms with Gasteiger partial charge in [0.2, 0.25) is 0 Å². The number of carbonyl (C=O) groups is 2. The second-order valence-electron chi connectivity index (χ2n) is 8.72. The van der Waals surface area contributed by atoms with Crippen molar-refractivity contribution in [1.82, 2.24) is 10.4 Å². The number of ether oxygens (including phenoxy) is 1. The molecule has 0 saturated carbocycles. The van der Waals surface area contributed by atoms with E-state index in [0.29, 0.717) is 43.7 Å². The van der Waals surface area contributed by atoms with Gasteiger partial charge in [-0.1, -0.05) is 71.7 Å². The summed E-state index contributed by atoms with van der Waals surface area (Å²) in [4.78, 5) is 28.9. The zero-order valence-corrected chi connectivity index (χ0v) is 22.3. The van der Waals surface area contributed by atoms with Gasteiger partial charge in [0, 0.05) is 27.1 Å². The smallest absolute Gasteiger partial charge is 0.416 e. The molecule has 5 rings (SSSR count). The van der Waals surface area contributed by atoms with Gasteiger partial charge >= 0.3 is 12.1 Å².